The molecule has 1 amide bonds. The van der Waals surface area contributed by atoms with E-state index in [1.54, 1.807) is 6.21 Å². The maximum Gasteiger partial charge on any atom is 0.265 e. The van der Waals surface area contributed by atoms with Gasteiger partial charge in [0.05, 0.1) is 18.6 Å². The number of carbonyl (C=O) groups excluding carboxylic acids is 1. The van der Waals surface area contributed by atoms with Gasteiger partial charge in [-0.3, -0.25) is 14.9 Å². The van der Waals surface area contributed by atoms with Gasteiger partial charge in [-0.05, 0) is 32.9 Å². The van der Waals surface area contributed by atoms with E-state index in [0.29, 0.717) is 13.3 Å². The lowest BCUT2D eigenvalue weighted by atomic mass is 10.1. The molecule has 0 fully saturated rings. The Bertz CT molecular complexity index is 878. The lowest BCUT2D eigenvalue weighted by Crippen LogP contribution is -2.62. The van der Waals surface area contributed by atoms with Crippen LogP contribution in [0.25, 0.3) is 10.4 Å². The van der Waals surface area contributed by atoms with E-state index in [1.165, 1.54) is 11.3 Å². The average Bonchev–Trinajstić information content (AvgIpc) is 3.18. The summed E-state index contributed by atoms with van der Waals surface area (Å²) in [6.45, 7) is 7.29. The van der Waals surface area contributed by atoms with E-state index in [0.717, 1.165) is 26.7 Å². The third-order valence-electron chi connectivity index (χ3n) is 4.47. The summed E-state index contributed by atoms with van der Waals surface area (Å²) >= 11 is 1.50. The van der Waals surface area contributed by atoms with Gasteiger partial charge in [-0.25, -0.2) is 0 Å². The molecule has 0 aromatic carbocycles. The standard InChI is InChI=1S/C17H20N6OS/c1-11-12(8-19-21-11)14-7-13-15(25-14)16(24)20-17(2,3)23(13)10-22-6-4-5-18-9-22/h4-8H,9-10H2,1-3H3,(H,19,21)(H,20,24). The number of carbonyl (C=O) groups is 1. The fraction of sp³-hybridized carbons (Fsp3) is 0.353. The zero-order valence-corrected chi connectivity index (χ0v) is 15.2. The fourth-order valence-corrected chi connectivity index (χ4v) is 4.25. The van der Waals surface area contributed by atoms with Crippen LogP contribution in [0.4, 0.5) is 5.69 Å². The summed E-state index contributed by atoms with van der Waals surface area (Å²) in [4.78, 5) is 23.0. The van der Waals surface area contributed by atoms with Crippen molar-refractivity contribution in [1.29, 1.82) is 0 Å². The van der Waals surface area contributed by atoms with Gasteiger partial charge >= 0.3 is 0 Å². The van der Waals surface area contributed by atoms with Crippen LogP contribution < -0.4 is 10.2 Å². The molecule has 0 aliphatic carbocycles. The number of rotatable bonds is 3. The Kier molecular flexibility index (Phi) is 3.64. The molecule has 0 saturated carbocycles. The van der Waals surface area contributed by atoms with Gasteiger partial charge in [0.2, 0.25) is 0 Å². The van der Waals surface area contributed by atoms with E-state index in [-0.39, 0.29) is 5.91 Å². The highest BCUT2D eigenvalue weighted by atomic mass is 32.1. The number of fused-ring (bicyclic) bond motifs is 1. The maximum absolute atomic E-state index is 12.6. The Morgan fingerprint density at radius 3 is 2.92 bits per heavy atom. The minimum absolute atomic E-state index is 0.0270. The number of aromatic amines is 1. The third-order valence-corrected chi connectivity index (χ3v) is 5.63. The number of hydrogen-bond acceptors (Lipinski definition) is 6. The zero-order valence-electron chi connectivity index (χ0n) is 14.4. The number of aryl methyl sites for hydroxylation is 1. The van der Waals surface area contributed by atoms with Crippen molar-refractivity contribution < 1.29 is 4.79 Å². The highest BCUT2D eigenvalue weighted by Gasteiger charge is 2.39. The molecule has 2 aromatic rings. The van der Waals surface area contributed by atoms with E-state index < -0.39 is 5.66 Å². The second-order valence-electron chi connectivity index (χ2n) is 6.72. The highest BCUT2D eigenvalue weighted by Crippen LogP contribution is 2.42. The van der Waals surface area contributed by atoms with Crippen LogP contribution in [0.5, 0.6) is 0 Å². The van der Waals surface area contributed by atoms with Crippen LogP contribution in [0.2, 0.25) is 0 Å². The van der Waals surface area contributed by atoms with Crippen LogP contribution in [-0.4, -0.2) is 46.2 Å². The normalized spacial score (nSPS) is 18.4. The van der Waals surface area contributed by atoms with Crippen LogP contribution in [0.3, 0.4) is 0 Å². The van der Waals surface area contributed by atoms with Gasteiger partial charge in [0, 0.05) is 28.5 Å². The van der Waals surface area contributed by atoms with Crippen molar-refractivity contribution >= 4 is 29.1 Å². The summed E-state index contributed by atoms with van der Waals surface area (Å²) in [6.07, 6.45) is 7.55. The first-order chi connectivity index (χ1) is 12.0. The van der Waals surface area contributed by atoms with Crippen molar-refractivity contribution in [3.8, 4) is 10.4 Å². The van der Waals surface area contributed by atoms with Crippen LogP contribution in [0.15, 0.2) is 29.5 Å². The molecule has 8 heteroatoms. The van der Waals surface area contributed by atoms with Gasteiger partial charge in [0.25, 0.3) is 5.91 Å². The number of H-pyrrole nitrogens is 1. The maximum atomic E-state index is 12.6. The molecule has 0 radical (unpaired) electrons. The molecule has 0 bridgehead atoms. The second kappa shape index (κ2) is 5.73. The molecular formula is C17H20N6OS. The molecule has 0 spiro atoms. The number of nitrogens with zero attached hydrogens (tertiary/aromatic N) is 4. The Morgan fingerprint density at radius 2 is 2.24 bits per heavy atom. The topological polar surface area (TPSA) is 76.6 Å². The molecule has 2 N–H and O–H groups in total. The lowest BCUT2D eigenvalue weighted by Gasteiger charge is -2.45. The van der Waals surface area contributed by atoms with Crippen molar-refractivity contribution in [3.63, 3.8) is 0 Å². The summed E-state index contributed by atoms with van der Waals surface area (Å²) in [7, 11) is 0. The van der Waals surface area contributed by atoms with Crippen molar-refractivity contribution in [2.45, 2.75) is 26.4 Å². The molecule has 4 heterocycles. The van der Waals surface area contributed by atoms with Crippen molar-refractivity contribution in [2.24, 2.45) is 4.99 Å². The fourth-order valence-electron chi connectivity index (χ4n) is 3.13. The van der Waals surface area contributed by atoms with Crippen molar-refractivity contribution in [2.75, 3.05) is 18.2 Å². The lowest BCUT2D eigenvalue weighted by molar-refractivity contribution is 0.0897. The molecule has 2 aliphatic heterocycles. The summed E-state index contributed by atoms with van der Waals surface area (Å²) in [5.41, 5.74) is 2.51. The SMILES string of the molecule is Cc1[nH]ncc1-c1cc2c(s1)C(=O)NC(C)(C)N2CN1C=CC=NC1. The number of anilines is 1. The predicted molar refractivity (Wildman–Crippen MR) is 99.9 cm³/mol. The number of hydrogen-bond donors (Lipinski definition) is 2. The van der Waals surface area contributed by atoms with Crippen molar-refractivity contribution in [1.82, 2.24) is 20.4 Å². The first-order valence-corrected chi connectivity index (χ1v) is 8.92. The van der Waals surface area contributed by atoms with E-state index >= 15 is 0 Å². The third kappa shape index (κ3) is 2.72. The van der Waals surface area contributed by atoms with E-state index in [4.69, 9.17) is 0 Å². The Morgan fingerprint density at radius 1 is 1.40 bits per heavy atom. The molecule has 25 heavy (non-hydrogen) atoms. The molecule has 2 aromatic heterocycles. The molecular weight excluding hydrogens is 336 g/mol. The molecule has 2 aliphatic rings. The number of aromatic nitrogens is 2. The van der Waals surface area contributed by atoms with Crippen LogP contribution in [0.1, 0.15) is 29.2 Å². The van der Waals surface area contributed by atoms with Gasteiger partial charge in [-0.2, -0.15) is 5.10 Å². The van der Waals surface area contributed by atoms with Crippen molar-refractivity contribution in [3.05, 3.63) is 35.1 Å². The number of nitrogens with one attached hydrogen (secondary N) is 2. The largest absolute Gasteiger partial charge is 0.341 e. The van der Waals surface area contributed by atoms with Gasteiger partial charge in [-0.15, -0.1) is 11.3 Å². The molecule has 0 unspecified atom stereocenters. The Hall–Kier alpha value is -2.61. The highest BCUT2D eigenvalue weighted by molar-refractivity contribution is 7.18. The molecule has 7 nitrogen and oxygen atoms in total. The minimum Gasteiger partial charge on any atom is -0.341 e. The van der Waals surface area contributed by atoms with Crippen LogP contribution in [0, 0.1) is 6.92 Å². The number of amides is 1. The monoisotopic (exact) mass is 356 g/mol. The first-order valence-electron chi connectivity index (χ1n) is 8.11. The molecule has 0 saturated heterocycles. The van der Waals surface area contributed by atoms with E-state index in [1.807, 2.05) is 39.2 Å². The number of aliphatic imine (C=N–C) groups is 1. The number of allylic oxidation sites excluding steroid dienone is 1. The molecule has 4 rings (SSSR count). The van der Waals surface area contributed by atoms with Gasteiger partial charge < -0.3 is 15.1 Å². The smallest absolute Gasteiger partial charge is 0.265 e. The zero-order chi connectivity index (χ0) is 17.6. The number of thiophene rings is 1. The van der Waals surface area contributed by atoms with Gasteiger partial charge in [0.1, 0.15) is 17.2 Å². The first kappa shape index (κ1) is 15.9. The van der Waals surface area contributed by atoms with Crippen LogP contribution in [-0.2, 0) is 0 Å². The van der Waals surface area contributed by atoms with Crippen LogP contribution >= 0.6 is 11.3 Å². The second-order valence-corrected chi connectivity index (χ2v) is 7.77. The predicted octanol–water partition coefficient (Wildman–Crippen LogP) is 2.55. The Balaban J connectivity index is 1.74. The molecule has 130 valence electrons. The minimum atomic E-state index is -0.483. The molecule has 0 atom stereocenters. The van der Waals surface area contributed by atoms with Gasteiger partial charge in [-0.1, -0.05) is 0 Å². The summed E-state index contributed by atoms with van der Waals surface area (Å²) in [6, 6.07) is 2.09. The van der Waals surface area contributed by atoms with E-state index in [9.17, 15) is 4.79 Å². The van der Waals surface area contributed by atoms with E-state index in [2.05, 4.69) is 36.4 Å². The summed E-state index contributed by atoms with van der Waals surface area (Å²) in [5, 5.41) is 10.2. The average molecular weight is 356 g/mol. The summed E-state index contributed by atoms with van der Waals surface area (Å²) < 4.78 is 0. The summed E-state index contributed by atoms with van der Waals surface area (Å²) in [5.74, 6) is -0.0270. The van der Waals surface area contributed by atoms with Gasteiger partial charge in [0.15, 0.2) is 0 Å². The quantitative estimate of drug-likeness (QED) is 0.886. The Labute approximate surface area is 150 Å².